The molecule has 2 aromatic rings. The summed E-state index contributed by atoms with van der Waals surface area (Å²) in [5.74, 6) is -0.0707. The lowest BCUT2D eigenvalue weighted by molar-refractivity contribution is -0.384. The van der Waals surface area contributed by atoms with Gasteiger partial charge in [0.25, 0.3) is 5.69 Å². The fourth-order valence-electron chi connectivity index (χ4n) is 3.37. The Kier molecular flexibility index (Phi) is 7.28. The average Bonchev–Trinajstić information content (AvgIpc) is 3.51. The summed E-state index contributed by atoms with van der Waals surface area (Å²) < 4.78 is 2.00. The first-order chi connectivity index (χ1) is 14.9. The van der Waals surface area contributed by atoms with Crippen LogP contribution >= 0.6 is 0 Å². The fraction of sp³-hybridized carbons (Fsp3) is 0.455. The lowest BCUT2D eigenvalue weighted by atomic mass is 10.2. The number of carbonyl (C=O) groups is 2. The van der Waals surface area contributed by atoms with Crippen molar-refractivity contribution < 1.29 is 14.5 Å². The molecule has 0 atom stereocenters. The summed E-state index contributed by atoms with van der Waals surface area (Å²) in [6.07, 6.45) is 5.60. The normalized spacial score (nSPS) is 13.0. The first-order valence-corrected chi connectivity index (χ1v) is 10.6. The number of aromatic nitrogens is 1. The van der Waals surface area contributed by atoms with Crippen LogP contribution in [0.25, 0.3) is 0 Å². The summed E-state index contributed by atoms with van der Waals surface area (Å²) in [6, 6.07) is 9.45. The highest BCUT2D eigenvalue weighted by Crippen LogP contribution is 2.28. The number of urea groups is 1. The number of nitro benzene ring substituents is 1. The van der Waals surface area contributed by atoms with Crippen LogP contribution in [0.15, 0.2) is 42.6 Å². The van der Waals surface area contributed by atoms with Crippen molar-refractivity contribution in [3.63, 3.8) is 0 Å². The summed E-state index contributed by atoms with van der Waals surface area (Å²) in [6.45, 7) is 3.02. The highest BCUT2D eigenvalue weighted by atomic mass is 16.6. The minimum absolute atomic E-state index is 0.000260. The number of nitrogens with zero attached hydrogens (tertiary/aromatic N) is 4. The Labute approximate surface area is 181 Å². The van der Waals surface area contributed by atoms with Crippen molar-refractivity contribution in [3.8, 4) is 0 Å². The number of hydrogen-bond acceptors (Lipinski definition) is 4. The molecule has 0 saturated heterocycles. The Balaban J connectivity index is 1.67. The van der Waals surface area contributed by atoms with E-state index >= 15 is 0 Å². The molecule has 1 aromatic heterocycles. The Morgan fingerprint density at radius 3 is 2.48 bits per heavy atom. The molecule has 1 saturated carbocycles. The standard InChI is InChI=1S/C22H29N5O4/c1-3-4-14-25(22(29)23-17-7-9-19(10-8-17)27(30)31)16-21(28)26(18-11-12-18)15-20-6-5-13-24(20)2/h5-10,13,18H,3-4,11-12,14-16H2,1-2H3,(H,23,29). The Morgan fingerprint density at radius 1 is 1.23 bits per heavy atom. The number of non-ortho nitro benzene ring substituents is 1. The summed E-state index contributed by atoms with van der Waals surface area (Å²) in [5.41, 5.74) is 1.46. The van der Waals surface area contributed by atoms with Gasteiger partial charge in [0.2, 0.25) is 5.91 Å². The molecule has 3 amide bonds. The van der Waals surface area contributed by atoms with E-state index in [1.807, 2.05) is 41.8 Å². The number of anilines is 1. The largest absolute Gasteiger partial charge is 0.353 e. The van der Waals surface area contributed by atoms with Crippen molar-refractivity contribution >= 4 is 23.3 Å². The summed E-state index contributed by atoms with van der Waals surface area (Å²) in [5, 5.41) is 13.6. The van der Waals surface area contributed by atoms with Crippen LogP contribution in [0, 0.1) is 10.1 Å². The van der Waals surface area contributed by atoms with Crippen molar-refractivity contribution in [3.05, 3.63) is 58.4 Å². The molecule has 1 heterocycles. The van der Waals surface area contributed by atoms with E-state index in [0.29, 0.717) is 18.8 Å². The van der Waals surface area contributed by atoms with Gasteiger partial charge in [0.1, 0.15) is 6.54 Å². The molecule has 166 valence electrons. The zero-order chi connectivity index (χ0) is 22.4. The first kappa shape index (κ1) is 22.3. The quantitative estimate of drug-likeness (QED) is 0.461. The lowest BCUT2D eigenvalue weighted by Crippen LogP contribution is -2.45. The summed E-state index contributed by atoms with van der Waals surface area (Å²) in [7, 11) is 1.95. The molecular formula is C22H29N5O4. The van der Waals surface area contributed by atoms with Crippen LogP contribution in [-0.2, 0) is 18.4 Å². The molecule has 0 radical (unpaired) electrons. The van der Waals surface area contributed by atoms with Gasteiger partial charge in [0, 0.05) is 49.3 Å². The molecule has 3 rings (SSSR count). The number of amides is 3. The van der Waals surface area contributed by atoms with Crippen molar-refractivity contribution in [2.45, 2.75) is 45.2 Å². The van der Waals surface area contributed by atoms with Crippen LogP contribution in [0.4, 0.5) is 16.2 Å². The highest BCUT2D eigenvalue weighted by Gasteiger charge is 2.34. The Hall–Kier alpha value is -3.36. The Bertz CT molecular complexity index is 920. The zero-order valence-electron chi connectivity index (χ0n) is 18.0. The fourth-order valence-corrected chi connectivity index (χ4v) is 3.37. The van der Waals surface area contributed by atoms with Gasteiger partial charge < -0.3 is 19.7 Å². The first-order valence-electron chi connectivity index (χ1n) is 10.6. The van der Waals surface area contributed by atoms with Crippen LogP contribution in [-0.4, -0.2) is 50.4 Å². The van der Waals surface area contributed by atoms with Crippen LogP contribution in [0.3, 0.4) is 0 Å². The number of nitro groups is 1. The molecule has 9 nitrogen and oxygen atoms in total. The molecule has 0 aliphatic heterocycles. The van der Waals surface area contributed by atoms with Gasteiger partial charge in [-0.05, 0) is 43.5 Å². The number of benzene rings is 1. The molecule has 1 N–H and O–H groups in total. The molecule has 0 unspecified atom stereocenters. The maximum absolute atomic E-state index is 13.1. The second-order valence-electron chi connectivity index (χ2n) is 7.87. The predicted molar refractivity (Wildman–Crippen MR) is 118 cm³/mol. The van der Waals surface area contributed by atoms with Crippen LogP contribution < -0.4 is 5.32 Å². The van der Waals surface area contributed by atoms with Gasteiger partial charge in [-0.25, -0.2) is 4.79 Å². The van der Waals surface area contributed by atoms with E-state index in [-0.39, 0.29) is 30.2 Å². The molecule has 1 aliphatic carbocycles. The molecular weight excluding hydrogens is 398 g/mol. The van der Waals surface area contributed by atoms with Crippen LogP contribution in [0.1, 0.15) is 38.3 Å². The van der Waals surface area contributed by atoms with Crippen molar-refractivity contribution in [1.29, 1.82) is 0 Å². The van der Waals surface area contributed by atoms with Crippen molar-refractivity contribution in [2.75, 3.05) is 18.4 Å². The van der Waals surface area contributed by atoms with E-state index in [1.165, 1.54) is 29.2 Å². The number of rotatable bonds is 10. The van der Waals surface area contributed by atoms with Gasteiger partial charge in [-0.3, -0.25) is 14.9 Å². The van der Waals surface area contributed by atoms with E-state index in [2.05, 4.69) is 5.32 Å². The van der Waals surface area contributed by atoms with E-state index in [1.54, 1.807) is 0 Å². The minimum Gasteiger partial charge on any atom is -0.353 e. The number of carbonyl (C=O) groups excluding carboxylic acids is 2. The molecule has 0 bridgehead atoms. The second-order valence-corrected chi connectivity index (χ2v) is 7.87. The third-order valence-corrected chi connectivity index (χ3v) is 5.42. The van der Waals surface area contributed by atoms with Crippen LogP contribution in [0.5, 0.6) is 0 Å². The topological polar surface area (TPSA) is 101 Å². The predicted octanol–water partition coefficient (Wildman–Crippen LogP) is 3.76. The highest BCUT2D eigenvalue weighted by molar-refractivity contribution is 5.92. The SMILES string of the molecule is CCCCN(CC(=O)N(Cc1cccn1C)C1CC1)C(=O)Nc1ccc([N+](=O)[O-])cc1. The van der Waals surface area contributed by atoms with Crippen molar-refractivity contribution in [1.82, 2.24) is 14.4 Å². The molecule has 1 aliphatic rings. The second kappa shape index (κ2) is 10.1. The minimum atomic E-state index is -0.489. The third kappa shape index (κ3) is 6.07. The van der Waals surface area contributed by atoms with E-state index in [9.17, 15) is 19.7 Å². The van der Waals surface area contributed by atoms with E-state index in [0.717, 1.165) is 31.4 Å². The number of aryl methyl sites for hydroxylation is 1. The van der Waals surface area contributed by atoms with Gasteiger partial charge in [0.15, 0.2) is 0 Å². The molecule has 1 aromatic carbocycles. The zero-order valence-corrected chi connectivity index (χ0v) is 18.0. The number of nitrogens with one attached hydrogen (secondary N) is 1. The molecule has 1 fully saturated rings. The summed E-state index contributed by atoms with van der Waals surface area (Å²) in [4.78, 5) is 39.7. The summed E-state index contributed by atoms with van der Waals surface area (Å²) >= 11 is 0. The van der Waals surface area contributed by atoms with Crippen molar-refractivity contribution in [2.24, 2.45) is 7.05 Å². The van der Waals surface area contributed by atoms with Gasteiger partial charge >= 0.3 is 6.03 Å². The van der Waals surface area contributed by atoms with Gasteiger partial charge in [0.05, 0.1) is 11.5 Å². The maximum atomic E-state index is 13.1. The molecule has 9 heteroatoms. The molecule has 0 spiro atoms. The number of hydrogen-bond donors (Lipinski definition) is 1. The van der Waals surface area contributed by atoms with Gasteiger partial charge in [-0.1, -0.05) is 13.3 Å². The lowest BCUT2D eigenvalue weighted by Gasteiger charge is -2.28. The molecule has 31 heavy (non-hydrogen) atoms. The van der Waals surface area contributed by atoms with Gasteiger partial charge in [-0.2, -0.15) is 0 Å². The average molecular weight is 428 g/mol. The van der Waals surface area contributed by atoms with E-state index < -0.39 is 4.92 Å². The van der Waals surface area contributed by atoms with Gasteiger partial charge in [-0.15, -0.1) is 0 Å². The smallest absolute Gasteiger partial charge is 0.322 e. The Morgan fingerprint density at radius 2 is 1.94 bits per heavy atom. The number of unbranched alkanes of at least 4 members (excludes halogenated alkanes) is 1. The monoisotopic (exact) mass is 427 g/mol. The van der Waals surface area contributed by atoms with E-state index in [4.69, 9.17) is 0 Å². The maximum Gasteiger partial charge on any atom is 0.322 e. The third-order valence-electron chi connectivity index (χ3n) is 5.42. The van der Waals surface area contributed by atoms with Crippen LogP contribution in [0.2, 0.25) is 0 Å².